The Kier molecular flexibility index (Phi) is 4.38. The zero-order valence-electron chi connectivity index (χ0n) is 15.3. The van der Waals surface area contributed by atoms with Gasteiger partial charge in [-0.3, -0.25) is 14.6 Å². The van der Waals surface area contributed by atoms with E-state index in [4.69, 9.17) is 11.5 Å². The van der Waals surface area contributed by atoms with Gasteiger partial charge in [-0.05, 0) is 42.0 Å². The fraction of sp³-hybridized carbons (Fsp3) is 0.250. The van der Waals surface area contributed by atoms with Gasteiger partial charge in [0.15, 0.2) is 0 Å². The number of nitrogens with two attached hydrogens (primary N) is 2. The molecule has 0 aromatic carbocycles. The molecule has 0 aliphatic heterocycles. The summed E-state index contributed by atoms with van der Waals surface area (Å²) in [6, 6.07) is 5.61. The van der Waals surface area contributed by atoms with Crippen LogP contribution in [0.3, 0.4) is 0 Å². The maximum atomic E-state index is 12.3. The maximum absolute atomic E-state index is 12.3. The van der Waals surface area contributed by atoms with E-state index >= 15 is 0 Å². The number of nitrogens with zero attached hydrogens (tertiary/aromatic N) is 3. The summed E-state index contributed by atoms with van der Waals surface area (Å²) in [5.41, 5.74) is 14.1. The minimum absolute atomic E-state index is 0.251. The molecule has 1 aliphatic rings. The summed E-state index contributed by atoms with van der Waals surface area (Å²) >= 11 is 0. The van der Waals surface area contributed by atoms with Crippen LogP contribution in [-0.4, -0.2) is 26.8 Å². The number of hydrogen-bond donors (Lipinski definition) is 3. The van der Waals surface area contributed by atoms with Crippen LogP contribution < -0.4 is 16.8 Å². The van der Waals surface area contributed by atoms with Crippen LogP contribution >= 0.6 is 0 Å². The molecule has 2 atom stereocenters. The van der Waals surface area contributed by atoms with Crippen molar-refractivity contribution in [2.24, 2.45) is 17.6 Å². The van der Waals surface area contributed by atoms with Crippen LogP contribution in [0.4, 0.5) is 11.6 Å². The molecule has 1 aliphatic carbocycles. The number of amides is 2. The van der Waals surface area contributed by atoms with Crippen LogP contribution in [-0.2, 0) is 16.0 Å². The Morgan fingerprint density at radius 1 is 1.25 bits per heavy atom. The Morgan fingerprint density at radius 3 is 2.79 bits per heavy atom. The summed E-state index contributed by atoms with van der Waals surface area (Å²) in [5.74, 6) is -0.705. The molecular formula is C20H20N6O2. The van der Waals surface area contributed by atoms with Gasteiger partial charge in [-0.1, -0.05) is 6.92 Å². The number of carbonyl (C=O) groups is 2. The molecule has 28 heavy (non-hydrogen) atoms. The molecule has 3 aromatic heterocycles. The van der Waals surface area contributed by atoms with E-state index in [-0.39, 0.29) is 17.7 Å². The second-order valence-corrected chi connectivity index (χ2v) is 6.91. The first-order valence-electron chi connectivity index (χ1n) is 9.07. The molecule has 0 bridgehead atoms. The van der Waals surface area contributed by atoms with Crippen molar-refractivity contribution >= 4 is 34.2 Å². The van der Waals surface area contributed by atoms with Gasteiger partial charge in [0.1, 0.15) is 11.6 Å². The van der Waals surface area contributed by atoms with Crippen molar-refractivity contribution < 1.29 is 9.59 Å². The van der Waals surface area contributed by atoms with Gasteiger partial charge in [0.25, 0.3) is 0 Å². The number of pyridine rings is 3. The summed E-state index contributed by atoms with van der Waals surface area (Å²) < 4.78 is 0. The highest BCUT2D eigenvalue weighted by molar-refractivity contribution is 6.01. The van der Waals surface area contributed by atoms with Gasteiger partial charge in [-0.25, -0.2) is 9.97 Å². The lowest BCUT2D eigenvalue weighted by Crippen LogP contribution is -2.21. The first-order valence-corrected chi connectivity index (χ1v) is 9.07. The average molecular weight is 376 g/mol. The lowest BCUT2D eigenvalue weighted by atomic mass is 10.0. The minimum atomic E-state index is -0.446. The van der Waals surface area contributed by atoms with Crippen molar-refractivity contribution in [2.75, 3.05) is 11.1 Å². The van der Waals surface area contributed by atoms with Crippen LogP contribution in [0.5, 0.6) is 0 Å². The zero-order chi connectivity index (χ0) is 19.8. The van der Waals surface area contributed by atoms with Crippen LogP contribution in [0.1, 0.15) is 18.9 Å². The minimum Gasteiger partial charge on any atom is -0.383 e. The summed E-state index contributed by atoms with van der Waals surface area (Å²) in [6.07, 6.45) is 6.43. The van der Waals surface area contributed by atoms with E-state index in [0.29, 0.717) is 23.4 Å². The molecule has 0 spiro atoms. The molecule has 1 saturated carbocycles. The predicted molar refractivity (Wildman–Crippen MR) is 106 cm³/mol. The van der Waals surface area contributed by atoms with Crippen molar-refractivity contribution in [3.8, 4) is 11.3 Å². The average Bonchev–Trinajstić information content (AvgIpc) is 3.49. The van der Waals surface area contributed by atoms with Gasteiger partial charge < -0.3 is 16.8 Å². The van der Waals surface area contributed by atoms with Crippen molar-refractivity contribution in [1.29, 1.82) is 0 Å². The second-order valence-electron chi connectivity index (χ2n) is 6.91. The molecule has 0 radical (unpaired) electrons. The zero-order valence-corrected chi connectivity index (χ0v) is 15.3. The SMILES string of the molecule is CCc1ccncc1-c1cc2cc(NC(=O)[C@H]3C[C@H]3C(N)=O)ncc2c(N)n1. The van der Waals surface area contributed by atoms with Crippen molar-refractivity contribution in [3.63, 3.8) is 0 Å². The van der Waals surface area contributed by atoms with E-state index in [1.807, 2.05) is 12.1 Å². The van der Waals surface area contributed by atoms with Gasteiger partial charge in [0.05, 0.1) is 17.5 Å². The predicted octanol–water partition coefficient (Wildman–Crippen LogP) is 1.90. The number of carbonyl (C=O) groups excluding carboxylic acids is 2. The Labute approximate surface area is 161 Å². The van der Waals surface area contributed by atoms with E-state index in [1.54, 1.807) is 24.7 Å². The number of anilines is 2. The highest BCUT2D eigenvalue weighted by Gasteiger charge is 2.47. The molecule has 8 nitrogen and oxygen atoms in total. The molecule has 142 valence electrons. The van der Waals surface area contributed by atoms with Crippen LogP contribution in [0.15, 0.2) is 36.8 Å². The van der Waals surface area contributed by atoms with Gasteiger partial charge in [0.2, 0.25) is 11.8 Å². The number of hydrogen-bond acceptors (Lipinski definition) is 6. The standard InChI is InChI=1S/C20H20N6O2/c1-2-10-3-4-23-8-14(10)16-5-11-6-17(24-9-15(11)18(21)25-16)26-20(28)13-7-12(13)19(22)27/h3-6,8-9,12-13H,2,7H2,1H3,(H2,21,25)(H2,22,27)(H,24,26,28)/t12-,13+/m1/s1. The van der Waals surface area contributed by atoms with Gasteiger partial charge in [-0.2, -0.15) is 0 Å². The first kappa shape index (κ1) is 17.8. The van der Waals surface area contributed by atoms with Crippen molar-refractivity contribution in [3.05, 3.63) is 42.4 Å². The second kappa shape index (κ2) is 6.88. The Balaban J connectivity index is 1.67. The lowest BCUT2D eigenvalue weighted by Gasteiger charge is -2.11. The van der Waals surface area contributed by atoms with Gasteiger partial charge in [-0.15, -0.1) is 0 Å². The fourth-order valence-electron chi connectivity index (χ4n) is 3.36. The number of nitrogens with one attached hydrogen (secondary N) is 1. The molecule has 0 unspecified atom stereocenters. The first-order chi connectivity index (χ1) is 13.5. The maximum Gasteiger partial charge on any atom is 0.229 e. The summed E-state index contributed by atoms with van der Waals surface area (Å²) in [5, 5.41) is 4.26. The lowest BCUT2D eigenvalue weighted by molar-refractivity contribution is -0.123. The van der Waals surface area contributed by atoms with E-state index in [2.05, 4.69) is 27.2 Å². The van der Waals surface area contributed by atoms with E-state index in [0.717, 1.165) is 28.6 Å². The van der Waals surface area contributed by atoms with E-state index < -0.39 is 5.91 Å². The highest BCUT2D eigenvalue weighted by atomic mass is 16.2. The van der Waals surface area contributed by atoms with E-state index in [1.165, 1.54) is 0 Å². The smallest absolute Gasteiger partial charge is 0.229 e. The van der Waals surface area contributed by atoms with Crippen LogP contribution in [0, 0.1) is 11.8 Å². The largest absolute Gasteiger partial charge is 0.383 e. The third-order valence-corrected chi connectivity index (χ3v) is 5.06. The normalized spacial score (nSPS) is 18.0. The molecule has 1 fully saturated rings. The molecule has 3 heterocycles. The molecule has 2 amide bonds. The molecule has 8 heteroatoms. The van der Waals surface area contributed by atoms with Gasteiger partial charge >= 0.3 is 0 Å². The third kappa shape index (κ3) is 3.24. The Hall–Kier alpha value is -3.55. The fourth-order valence-corrected chi connectivity index (χ4v) is 3.36. The van der Waals surface area contributed by atoms with E-state index in [9.17, 15) is 9.59 Å². The van der Waals surface area contributed by atoms with Crippen molar-refractivity contribution in [2.45, 2.75) is 19.8 Å². The number of nitrogen functional groups attached to an aromatic ring is 1. The third-order valence-electron chi connectivity index (χ3n) is 5.06. The quantitative estimate of drug-likeness (QED) is 0.622. The number of primary amides is 1. The Bertz CT molecular complexity index is 1100. The van der Waals surface area contributed by atoms with Crippen LogP contribution in [0.2, 0.25) is 0 Å². The Morgan fingerprint density at radius 2 is 2.07 bits per heavy atom. The topological polar surface area (TPSA) is 137 Å². The highest BCUT2D eigenvalue weighted by Crippen LogP contribution is 2.39. The number of aromatic nitrogens is 3. The molecule has 4 rings (SSSR count). The summed E-state index contributed by atoms with van der Waals surface area (Å²) in [6.45, 7) is 2.07. The number of aryl methyl sites for hydroxylation is 1. The summed E-state index contributed by atoms with van der Waals surface area (Å²) in [4.78, 5) is 36.4. The molecular weight excluding hydrogens is 356 g/mol. The van der Waals surface area contributed by atoms with Crippen LogP contribution in [0.25, 0.3) is 22.0 Å². The van der Waals surface area contributed by atoms with Crippen molar-refractivity contribution in [1.82, 2.24) is 15.0 Å². The monoisotopic (exact) mass is 376 g/mol. The number of fused-ring (bicyclic) bond motifs is 1. The molecule has 3 aromatic rings. The number of rotatable bonds is 5. The molecule has 0 saturated heterocycles. The van der Waals surface area contributed by atoms with Gasteiger partial charge in [0, 0.05) is 29.5 Å². The summed E-state index contributed by atoms with van der Waals surface area (Å²) in [7, 11) is 0. The molecule has 5 N–H and O–H groups in total.